The Balaban J connectivity index is 2.56. The topological polar surface area (TPSA) is 58.6 Å². The third kappa shape index (κ3) is 5.29. The highest BCUT2D eigenvalue weighted by molar-refractivity contribution is 5.76. The fourth-order valence-corrected chi connectivity index (χ4v) is 1.69. The van der Waals surface area contributed by atoms with Gasteiger partial charge in [-0.3, -0.25) is 4.79 Å². The number of carbonyl (C=O) groups is 1. The molecule has 0 radical (unpaired) electrons. The maximum atomic E-state index is 11.8. The molecule has 1 aromatic rings. The van der Waals surface area contributed by atoms with Crippen LogP contribution in [0.25, 0.3) is 0 Å². The molecule has 4 nitrogen and oxygen atoms in total. The van der Waals surface area contributed by atoms with Gasteiger partial charge in [-0.15, -0.1) is 0 Å². The molecule has 0 aliphatic rings. The summed E-state index contributed by atoms with van der Waals surface area (Å²) >= 11 is 0. The second-order valence-electron chi connectivity index (χ2n) is 4.03. The summed E-state index contributed by atoms with van der Waals surface area (Å²) in [5.41, 5.74) is 1.09. The number of hydrogen-bond acceptors (Lipinski definition) is 4. The SMILES string of the molecule is CCOC(=O)[C@H](Cc1ccccc1)NCCCO. The van der Waals surface area contributed by atoms with Crippen LogP contribution in [0, 0.1) is 0 Å². The number of rotatable bonds is 8. The van der Waals surface area contributed by atoms with Crippen LogP contribution in [0.2, 0.25) is 0 Å². The molecule has 0 aliphatic carbocycles. The van der Waals surface area contributed by atoms with Gasteiger partial charge in [0.05, 0.1) is 6.61 Å². The molecule has 0 aliphatic heterocycles. The highest BCUT2D eigenvalue weighted by atomic mass is 16.5. The van der Waals surface area contributed by atoms with E-state index in [1.807, 2.05) is 30.3 Å². The van der Waals surface area contributed by atoms with Crippen LogP contribution in [0.15, 0.2) is 30.3 Å². The molecule has 0 bridgehead atoms. The number of hydrogen-bond donors (Lipinski definition) is 2. The first kappa shape index (κ1) is 14.7. The molecule has 0 amide bonds. The zero-order valence-electron chi connectivity index (χ0n) is 10.8. The number of esters is 1. The maximum Gasteiger partial charge on any atom is 0.323 e. The summed E-state index contributed by atoms with van der Waals surface area (Å²) in [7, 11) is 0. The molecule has 100 valence electrons. The van der Waals surface area contributed by atoms with Crippen LogP contribution in [0.3, 0.4) is 0 Å². The van der Waals surface area contributed by atoms with Crippen LogP contribution >= 0.6 is 0 Å². The van der Waals surface area contributed by atoms with Crippen molar-refractivity contribution in [3.05, 3.63) is 35.9 Å². The Morgan fingerprint density at radius 2 is 2.11 bits per heavy atom. The van der Waals surface area contributed by atoms with Crippen LogP contribution < -0.4 is 5.32 Å². The van der Waals surface area contributed by atoms with Crippen molar-refractivity contribution >= 4 is 5.97 Å². The first-order chi connectivity index (χ1) is 8.77. The van der Waals surface area contributed by atoms with E-state index in [-0.39, 0.29) is 18.6 Å². The first-order valence-electron chi connectivity index (χ1n) is 6.32. The molecule has 0 saturated carbocycles. The van der Waals surface area contributed by atoms with Gasteiger partial charge in [0.1, 0.15) is 6.04 Å². The van der Waals surface area contributed by atoms with Crippen molar-refractivity contribution in [3.8, 4) is 0 Å². The molecule has 0 unspecified atom stereocenters. The average molecular weight is 251 g/mol. The fraction of sp³-hybridized carbons (Fsp3) is 0.500. The van der Waals surface area contributed by atoms with E-state index in [9.17, 15) is 4.79 Å². The molecule has 0 saturated heterocycles. The lowest BCUT2D eigenvalue weighted by molar-refractivity contribution is -0.145. The minimum absolute atomic E-state index is 0.119. The zero-order valence-corrected chi connectivity index (χ0v) is 10.8. The zero-order chi connectivity index (χ0) is 13.2. The Kier molecular flexibility index (Phi) is 7.06. The summed E-state index contributed by atoms with van der Waals surface area (Å²) in [6.07, 6.45) is 1.23. The van der Waals surface area contributed by atoms with Gasteiger partial charge in [-0.25, -0.2) is 0 Å². The Labute approximate surface area is 108 Å². The third-order valence-electron chi connectivity index (χ3n) is 2.58. The van der Waals surface area contributed by atoms with Gasteiger partial charge in [0.15, 0.2) is 0 Å². The van der Waals surface area contributed by atoms with Crippen molar-refractivity contribution < 1.29 is 14.6 Å². The Hall–Kier alpha value is -1.39. The molecule has 0 heterocycles. The second-order valence-corrected chi connectivity index (χ2v) is 4.03. The summed E-state index contributed by atoms with van der Waals surface area (Å²) < 4.78 is 5.04. The van der Waals surface area contributed by atoms with Crippen LogP contribution in [-0.2, 0) is 16.0 Å². The van der Waals surface area contributed by atoms with Crippen LogP contribution in [-0.4, -0.2) is 36.9 Å². The molecule has 0 spiro atoms. The minimum Gasteiger partial charge on any atom is -0.465 e. The van der Waals surface area contributed by atoms with E-state index in [1.54, 1.807) is 6.92 Å². The van der Waals surface area contributed by atoms with E-state index < -0.39 is 0 Å². The third-order valence-corrected chi connectivity index (χ3v) is 2.58. The van der Waals surface area contributed by atoms with Gasteiger partial charge in [0.25, 0.3) is 0 Å². The van der Waals surface area contributed by atoms with Crippen molar-refractivity contribution in [2.45, 2.75) is 25.8 Å². The summed E-state index contributed by atoms with van der Waals surface area (Å²) in [4.78, 5) is 11.8. The van der Waals surface area contributed by atoms with Crippen LogP contribution in [0.4, 0.5) is 0 Å². The lowest BCUT2D eigenvalue weighted by Crippen LogP contribution is -2.40. The van der Waals surface area contributed by atoms with Crippen molar-refractivity contribution in [2.75, 3.05) is 19.8 Å². The van der Waals surface area contributed by atoms with Crippen molar-refractivity contribution in [1.29, 1.82) is 0 Å². The number of aliphatic hydroxyl groups excluding tert-OH is 1. The van der Waals surface area contributed by atoms with Crippen LogP contribution in [0.5, 0.6) is 0 Å². The molecule has 1 rings (SSSR count). The molecule has 0 aromatic heterocycles. The van der Waals surface area contributed by atoms with Crippen molar-refractivity contribution in [3.63, 3.8) is 0 Å². The van der Waals surface area contributed by atoms with Crippen molar-refractivity contribution in [2.24, 2.45) is 0 Å². The van der Waals surface area contributed by atoms with Gasteiger partial charge >= 0.3 is 5.97 Å². The Morgan fingerprint density at radius 3 is 2.72 bits per heavy atom. The minimum atomic E-state index is -0.348. The van der Waals surface area contributed by atoms with E-state index in [0.29, 0.717) is 26.0 Å². The number of ether oxygens (including phenoxy) is 1. The van der Waals surface area contributed by atoms with Crippen LogP contribution in [0.1, 0.15) is 18.9 Å². The summed E-state index contributed by atoms with van der Waals surface area (Å²) in [5.74, 6) is -0.237. The Morgan fingerprint density at radius 1 is 1.39 bits per heavy atom. The number of carbonyl (C=O) groups excluding carboxylic acids is 1. The van der Waals surface area contributed by atoms with E-state index in [2.05, 4.69) is 5.32 Å². The number of benzene rings is 1. The molecule has 18 heavy (non-hydrogen) atoms. The van der Waals surface area contributed by atoms with E-state index >= 15 is 0 Å². The van der Waals surface area contributed by atoms with Gasteiger partial charge in [-0.05, 0) is 31.9 Å². The fourth-order valence-electron chi connectivity index (χ4n) is 1.69. The standard InChI is InChI=1S/C14H21NO3/c1-2-18-14(17)13(15-9-6-10-16)11-12-7-4-3-5-8-12/h3-5,7-8,13,15-16H,2,6,9-11H2,1H3/t13-/m0/s1. The lowest BCUT2D eigenvalue weighted by atomic mass is 10.1. The monoisotopic (exact) mass is 251 g/mol. The summed E-state index contributed by atoms with van der Waals surface area (Å²) in [5, 5.41) is 11.9. The predicted molar refractivity (Wildman–Crippen MR) is 70.3 cm³/mol. The molecule has 1 aromatic carbocycles. The molecular formula is C14H21NO3. The maximum absolute atomic E-state index is 11.8. The number of aliphatic hydroxyl groups is 1. The van der Waals surface area contributed by atoms with Crippen molar-refractivity contribution in [1.82, 2.24) is 5.32 Å². The van der Waals surface area contributed by atoms with Gasteiger partial charge in [-0.2, -0.15) is 0 Å². The largest absolute Gasteiger partial charge is 0.465 e. The van der Waals surface area contributed by atoms with E-state index in [0.717, 1.165) is 5.56 Å². The normalized spacial score (nSPS) is 12.1. The summed E-state index contributed by atoms with van der Waals surface area (Å²) in [6, 6.07) is 9.47. The lowest BCUT2D eigenvalue weighted by Gasteiger charge is -2.17. The average Bonchev–Trinajstić information content (AvgIpc) is 2.39. The van der Waals surface area contributed by atoms with Gasteiger partial charge < -0.3 is 15.2 Å². The molecule has 0 fully saturated rings. The van der Waals surface area contributed by atoms with Gasteiger partial charge in [-0.1, -0.05) is 30.3 Å². The molecule has 2 N–H and O–H groups in total. The Bertz CT molecular complexity index is 340. The highest BCUT2D eigenvalue weighted by Gasteiger charge is 2.19. The quantitative estimate of drug-likeness (QED) is 0.537. The molecular weight excluding hydrogens is 230 g/mol. The molecule has 4 heteroatoms. The smallest absolute Gasteiger partial charge is 0.323 e. The summed E-state index contributed by atoms with van der Waals surface area (Å²) in [6.45, 7) is 2.90. The van der Waals surface area contributed by atoms with E-state index in [4.69, 9.17) is 9.84 Å². The predicted octanol–water partition coefficient (Wildman–Crippen LogP) is 1.13. The first-order valence-corrected chi connectivity index (χ1v) is 6.32. The highest BCUT2D eigenvalue weighted by Crippen LogP contribution is 2.04. The van der Waals surface area contributed by atoms with E-state index in [1.165, 1.54) is 0 Å². The number of nitrogens with one attached hydrogen (secondary N) is 1. The van der Waals surface area contributed by atoms with Gasteiger partial charge in [0, 0.05) is 6.61 Å². The molecule has 1 atom stereocenters. The van der Waals surface area contributed by atoms with Gasteiger partial charge in [0.2, 0.25) is 0 Å². The second kappa shape index (κ2) is 8.66.